The van der Waals surface area contributed by atoms with Crippen molar-refractivity contribution in [1.82, 2.24) is 14.3 Å². The summed E-state index contributed by atoms with van der Waals surface area (Å²) >= 11 is 0. The predicted octanol–water partition coefficient (Wildman–Crippen LogP) is 2.56. The molecule has 1 aliphatic rings. The number of anilines is 1. The Morgan fingerprint density at radius 2 is 2.12 bits per heavy atom. The van der Waals surface area contributed by atoms with E-state index in [4.69, 9.17) is 4.42 Å². The van der Waals surface area contributed by atoms with Crippen LogP contribution < -0.4 is 11.0 Å². The van der Waals surface area contributed by atoms with Crippen molar-refractivity contribution < 1.29 is 18.0 Å². The van der Waals surface area contributed by atoms with Crippen molar-refractivity contribution in [2.24, 2.45) is 0 Å². The van der Waals surface area contributed by atoms with E-state index in [1.807, 2.05) is 0 Å². The normalized spacial score (nSPS) is 13.8. The lowest BCUT2D eigenvalue weighted by Crippen LogP contribution is -2.30. The fourth-order valence-corrected chi connectivity index (χ4v) is 2.68. The van der Waals surface area contributed by atoms with Crippen molar-refractivity contribution in [3.05, 3.63) is 58.7 Å². The van der Waals surface area contributed by atoms with E-state index in [0.717, 1.165) is 29.7 Å². The monoisotopic (exact) mass is 360 g/mol. The van der Waals surface area contributed by atoms with E-state index in [-0.39, 0.29) is 11.7 Å². The smallest absolute Gasteiger partial charge is 0.347 e. The van der Waals surface area contributed by atoms with Gasteiger partial charge in [-0.1, -0.05) is 0 Å². The average Bonchev–Trinajstić information content (AvgIpc) is 3.17. The van der Waals surface area contributed by atoms with Crippen LogP contribution in [0.15, 0.2) is 45.8 Å². The van der Waals surface area contributed by atoms with Gasteiger partial charge < -0.3 is 9.73 Å². The van der Waals surface area contributed by atoms with E-state index >= 15 is 0 Å². The van der Waals surface area contributed by atoms with Gasteiger partial charge in [-0.2, -0.15) is 0 Å². The summed E-state index contributed by atoms with van der Waals surface area (Å²) in [5, 5.41) is 6.50. The topological polar surface area (TPSA) is 82.1 Å². The molecule has 0 atom stereocenters. The van der Waals surface area contributed by atoms with Crippen molar-refractivity contribution in [3.63, 3.8) is 0 Å². The highest BCUT2D eigenvalue weighted by Crippen LogP contribution is 2.36. The maximum absolute atomic E-state index is 13.6. The summed E-state index contributed by atoms with van der Waals surface area (Å²) < 4.78 is 34.4. The molecule has 7 nitrogen and oxygen atoms in total. The molecule has 1 fully saturated rings. The van der Waals surface area contributed by atoms with E-state index in [2.05, 4.69) is 10.4 Å². The molecule has 0 aliphatic heterocycles. The standard InChI is InChI=1S/C17H14F2N4O3/c18-10-3-6-13(12(19)8-10)20-15(24)9-22-17(25)23(11-4-5-11)16(21-22)14-2-1-7-26-14/h1-3,6-8,11H,4-5,9H2,(H,20,24). The van der Waals surface area contributed by atoms with Crippen LogP contribution in [-0.2, 0) is 11.3 Å². The van der Waals surface area contributed by atoms with Gasteiger partial charge >= 0.3 is 5.69 Å². The minimum atomic E-state index is -0.898. The highest BCUT2D eigenvalue weighted by atomic mass is 19.1. The summed E-state index contributed by atoms with van der Waals surface area (Å²) in [5.74, 6) is -1.52. The molecule has 2 heterocycles. The Morgan fingerprint density at radius 1 is 1.31 bits per heavy atom. The minimum absolute atomic E-state index is 0.0361. The number of carbonyl (C=O) groups excluding carboxylic acids is 1. The molecular formula is C17H14F2N4O3. The van der Waals surface area contributed by atoms with Gasteiger partial charge in [-0.05, 0) is 37.1 Å². The number of rotatable bonds is 5. The fourth-order valence-electron chi connectivity index (χ4n) is 2.68. The Morgan fingerprint density at radius 3 is 2.77 bits per heavy atom. The number of hydrogen-bond acceptors (Lipinski definition) is 4. The average molecular weight is 360 g/mol. The first-order chi connectivity index (χ1) is 12.5. The van der Waals surface area contributed by atoms with Crippen molar-refractivity contribution in [2.75, 3.05) is 5.32 Å². The molecule has 0 radical (unpaired) electrons. The van der Waals surface area contributed by atoms with Crippen LogP contribution >= 0.6 is 0 Å². The number of amides is 1. The van der Waals surface area contributed by atoms with E-state index in [1.54, 1.807) is 12.1 Å². The lowest BCUT2D eigenvalue weighted by Gasteiger charge is -2.06. The molecule has 2 aromatic heterocycles. The van der Waals surface area contributed by atoms with Gasteiger partial charge in [0, 0.05) is 12.1 Å². The van der Waals surface area contributed by atoms with Gasteiger partial charge in [-0.3, -0.25) is 9.36 Å². The van der Waals surface area contributed by atoms with E-state index < -0.39 is 29.8 Å². The maximum Gasteiger partial charge on any atom is 0.347 e. The second-order valence-electron chi connectivity index (χ2n) is 6.01. The van der Waals surface area contributed by atoms with Gasteiger partial charge in [-0.25, -0.2) is 18.3 Å². The molecule has 0 unspecified atom stereocenters. The SMILES string of the molecule is O=C(Cn1nc(-c2ccco2)n(C2CC2)c1=O)Nc1ccc(F)cc1F. The van der Waals surface area contributed by atoms with Crippen LogP contribution in [0.4, 0.5) is 14.5 Å². The molecule has 1 aliphatic carbocycles. The van der Waals surface area contributed by atoms with E-state index in [9.17, 15) is 18.4 Å². The third-order valence-electron chi connectivity index (χ3n) is 4.02. The molecular weight excluding hydrogens is 346 g/mol. The molecule has 3 aromatic rings. The Kier molecular flexibility index (Phi) is 3.90. The highest BCUT2D eigenvalue weighted by molar-refractivity contribution is 5.90. The number of halogens is 2. The third-order valence-corrected chi connectivity index (χ3v) is 4.02. The number of aromatic nitrogens is 3. The molecule has 1 N–H and O–H groups in total. The second-order valence-corrected chi connectivity index (χ2v) is 6.01. The number of nitrogens with one attached hydrogen (secondary N) is 1. The van der Waals surface area contributed by atoms with E-state index in [0.29, 0.717) is 17.7 Å². The van der Waals surface area contributed by atoms with Gasteiger partial charge in [-0.15, -0.1) is 5.10 Å². The Labute approximate surface area is 145 Å². The van der Waals surface area contributed by atoms with Gasteiger partial charge in [0.2, 0.25) is 11.7 Å². The van der Waals surface area contributed by atoms with Crippen molar-refractivity contribution in [2.45, 2.75) is 25.4 Å². The lowest BCUT2D eigenvalue weighted by molar-refractivity contribution is -0.117. The number of nitrogens with zero attached hydrogens (tertiary/aromatic N) is 3. The first-order valence-electron chi connectivity index (χ1n) is 8.01. The Hall–Kier alpha value is -3.23. The van der Waals surface area contributed by atoms with Crippen molar-refractivity contribution >= 4 is 11.6 Å². The van der Waals surface area contributed by atoms with Crippen LogP contribution in [0.5, 0.6) is 0 Å². The first kappa shape index (κ1) is 16.2. The first-order valence-corrected chi connectivity index (χ1v) is 8.01. The van der Waals surface area contributed by atoms with Crippen LogP contribution in [0, 0.1) is 11.6 Å². The highest BCUT2D eigenvalue weighted by Gasteiger charge is 2.31. The summed E-state index contributed by atoms with van der Waals surface area (Å²) in [5.41, 5.74) is -0.606. The van der Waals surface area contributed by atoms with Crippen LogP contribution in [0.3, 0.4) is 0 Å². The molecule has 1 saturated carbocycles. The summed E-state index contributed by atoms with van der Waals surface area (Å²) in [6.45, 7) is -0.400. The minimum Gasteiger partial charge on any atom is -0.461 e. The zero-order valence-corrected chi connectivity index (χ0v) is 13.5. The second kappa shape index (κ2) is 6.25. The molecule has 1 amide bonds. The molecule has 1 aromatic carbocycles. The maximum atomic E-state index is 13.6. The predicted molar refractivity (Wildman–Crippen MR) is 87.4 cm³/mol. The molecule has 0 saturated heterocycles. The van der Waals surface area contributed by atoms with Crippen LogP contribution in [-0.4, -0.2) is 20.3 Å². The molecule has 4 rings (SSSR count). The molecule has 0 bridgehead atoms. The summed E-state index contributed by atoms with van der Waals surface area (Å²) in [4.78, 5) is 24.7. The van der Waals surface area contributed by atoms with E-state index in [1.165, 1.54) is 10.8 Å². The Balaban J connectivity index is 1.59. The molecule has 0 spiro atoms. The van der Waals surface area contributed by atoms with Crippen LogP contribution in [0.1, 0.15) is 18.9 Å². The number of hydrogen-bond donors (Lipinski definition) is 1. The van der Waals surface area contributed by atoms with Crippen molar-refractivity contribution in [3.8, 4) is 11.6 Å². The lowest BCUT2D eigenvalue weighted by atomic mass is 10.3. The summed E-state index contributed by atoms with van der Waals surface area (Å²) in [6, 6.07) is 6.20. The summed E-state index contributed by atoms with van der Waals surface area (Å²) in [7, 11) is 0. The molecule has 26 heavy (non-hydrogen) atoms. The molecule has 9 heteroatoms. The van der Waals surface area contributed by atoms with Gasteiger partial charge in [0.05, 0.1) is 12.0 Å². The largest absolute Gasteiger partial charge is 0.461 e. The van der Waals surface area contributed by atoms with Gasteiger partial charge in [0.15, 0.2) is 5.76 Å². The van der Waals surface area contributed by atoms with Crippen LogP contribution in [0.25, 0.3) is 11.6 Å². The quantitative estimate of drug-likeness (QED) is 0.758. The molecule has 134 valence electrons. The third kappa shape index (κ3) is 3.03. The van der Waals surface area contributed by atoms with Gasteiger partial charge in [0.1, 0.15) is 18.2 Å². The Bertz CT molecular complexity index is 1020. The van der Waals surface area contributed by atoms with Crippen LogP contribution in [0.2, 0.25) is 0 Å². The zero-order chi connectivity index (χ0) is 18.3. The van der Waals surface area contributed by atoms with Crippen molar-refractivity contribution in [1.29, 1.82) is 0 Å². The fraction of sp³-hybridized carbons (Fsp3) is 0.235. The zero-order valence-electron chi connectivity index (χ0n) is 13.5. The number of furan rings is 1. The van der Waals surface area contributed by atoms with Gasteiger partial charge in [0.25, 0.3) is 0 Å². The number of benzene rings is 1. The number of carbonyl (C=O) groups is 1. The summed E-state index contributed by atoms with van der Waals surface area (Å²) in [6.07, 6.45) is 3.18.